The van der Waals surface area contributed by atoms with Gasteiger partial charge in [-0.1, -0.05) is 0 Å². The maximum absolute atomic E-state index is 12.5. The van der Waals surface area contributed by atoms with Crippen molar-refractivity contribution in [2.24, 2.45) is 10.9 Å². The van der Waals surface area contributed by atoms with Gasteiger partial charge in [-0.05, 0) is 69.7 Å². The van der Waals surface area contributed by atoms with Gasteiger partial charge in [-0.3, -0.25) is 9.89 Å². The SMILES string of the molecule is FC(F)(F)CN1CCC(CCNC(=NCC2CCCCO2)NCCc2ccco2)CC1.I. The van der Waals surface area contributed by atoms with Gasteiger partial charge < -0.3 is 19.8 Å². The highest BCUT2D eigenvalue weighted by Crippen LogP contribution is 2.24. The predicted octanol–water partition coefficient (Wildman–Crippen LogP) is 4.21. The molecule has 0 bridgehead atoms. The van der Waals surface area contributed by atoms with Gasteiger partial charge in [0.25, 0.3) is 0 Å². The molecule has 1 aromatic rings. The van der Waals surface area contributed by atoms with Crippen LogP contribution in [-0.4, -0.2) is 69.0 Å². The first-order chi connectivity index (χ1) is 15.0. The summed E-state index contributed by atoms with van der Waals surface area (Å²) in [5.41, 5.74) is 0. The molecule has 0 spiro atoms. The fourth-order valence-electron chi connectivity index (χ4n) is 4.16. The van der Waals surface area contributed by atoms with Crippen molar-refractivity contribution in [3.05, 3.63) is 24.2 Å². The normalized spacial score (nSPS) is 21.2. The van der Waals surface area contributed by atoms with Gasteiger partial charge in [0, 0.05) is 26.1 Å². The molecule has 2 N–H and O–H groups in total. The molecule has 0 radical (unpaired) electrons. The molecule has 2 aliphatic heterocycles. The van der Waals surface area contributed by atoms with Gasteiger partial charge in [0.05, 0.1) is 25.5 Å². The molecule has 1 aromatic heterocycles. The number of ether oxygens (including phenoxy) is 1. The van der Waals surface area contributed by atoms with E-state index in [4.69, 9.17) is 14.1 Å². The largest absolute Gasteiger partial charge is 0.469 e. The van der Waals surface area contributed by atoms with E-state index < -0.39 is 12.7 Å². The fourth-order valence-corrected chi connectivity index (χ4v) is 4.16. The molecule has 3 heterocycles. The summed E-state index contributed by atoms with van der Waals surface area (Å²) >= 11 is 0. The van der Waals surface area contributed by atoms with Crippen LogP contribution in [0.2, 0.25) is 0 Å². The van der Waals surface area contributed by atoms with Crippen molar-refractivity contribution in [3.63, 3.8) is 0 Å². The first-order valence-corrected chi connectivity index (χ1v) is 11.4. The average Bonchev–Trinajstić information content (AvgIpc) is 3.26. The Morgan fingerprint density at radius 3 is 2.56 bits per heavy atom. The zero-order valence-electron chi connectivity index (χ0n) is 18.5. The maximum Gasteiger partial charge on any atom is 0.401 e. The van der Waals surface area contributed by atoms with Gasteiger partial charge in [-0.25, -0.2) is 0 Å². The van der Waals surface area contributed by atoms with E-state index in [-0.39, 0.29) is 30.1 Å². The summed E-state index contributed by atoms with van der Waals surface area (Å²) in [5, 5.41) is 6.75. The lowest BCUT2D eigenvalue weighted by Crippen LogP contribution is -2.42. The Kier molecular flexibility index (Phi) is 12.2. The molecule has 32 heavy (non-hydrogen) atoms. The number of guanidine groups is 1. The zero-order valence-corrected chi connectivity index (χ0v) is 20.9. The number of nitrogens with one attached hydrogen (secondary N) is 2. The minimum Gasteiger partial charge on any atom is -0.469 e. The first-order valence-electron chi connectivity index (χ1n) is 11.4. The number of aliphatic imine (C=N–C) groups is 1. The summed E-state index contributed by atoms with van der Waals surface area (Å²) in [6, 6.07) is 3.83. The van der Waals surface area contributed by atoms with Gasteiger partial charge in [0.15, 0.2) is 5.96 Å². The zero-order chi connectivity index (χ0) is 21.9. The minimum atomic E-state index is -4.11. The van der Waals surface area contributed by atoms with Crippen LogP contribution in [0.15, 0.2) is 27.8 Å². The highest BCUT2D eigenvalue weighted by molar-refractivity contribution is 14.0. The fraction of sp³-hybridized carbons (Fsp3) is 0.773. The molecule has 3 rings (SSSR count). The molecule has 0 amide bonds. The number of alkyl halides is 3. The molecule has 0 aromatic carbocycles. The number of halogens is 4. The van der Waals surface area contributed by atoms with Crippen molar-refractivity contribution in [1.82, 2.24) is 15.5 Å². The first kappa shape index (κ1) is 27.2. The summed E-state index contributed by atoms with van der Waals surface area (Å²) in [6.07, 6.45) is 4.40. The van der Waals surface area contributed by atoms with Crippen LogP contribution < -0.4 is 10.6 Å². The lowest BCUT2D eigenvalue weighted by molar-refractivity contribution is -0.148. The number of hydrogen-bond acceptors (Lipinski definition) is 4. The molecular weight excluding hydrogens is 536 g/mol. The molecule has 2 aliphatic rings. The third-order valence-corrected chi connectivity index (χ3v) is 5.93. The molecule has 0 saturated carbocycles. The molecule has 0 aliphatic carbocycles. The second-order valence-corrected chi connectivity index (χ2v) is 8.48. The Hall–Kier alpha value is -1.01. The van der Waals surface area contributed by atoms with E-state index in [1.807, 2.05) is 12.1 Å². The van der Waals surface area contributed by atoms with Gasteiger partial charge >= 0.3 is 6.18 Å². The van der Waals surface area contributed by atoms with Gasteiger partial charge in [-0.2, -0.15) is 13.2 Å². The maximum atomic E-state index is 12.5. The van der Waals surface area contributed by atoms with Gasteiger partial charge in [0.1, 0.15) is 5.76 Å². The molecule has 1 unspecified atom stereocenters. The van der Waals surface area contributed by atoms with E-state index in [0.29, 0.717) is 32.1 Å². The van der Waals surface area contributed by atoms with Crippen molar-refractivity contribution < 1.29 is 22.3 Å². The van der Waals surface area contributed by atoms with Crippen LogP contribution in [0.1, 0.15) is 44.3 Å². The Balaban J connectivity index is 0.00000363. The van der Waals surface area contributed by atoms with E-state index in [0.717, 1.165) is 63.4 Å². The Labute approximate surface area is 205 Å². The second-order valence-electron chi connectivity index (χ2n) is 8.48. The van der Waals surface area contributed by atoms with Crippen molar-refractivity contribution in [2.75, 3.05) is 45.9 Å². The molecule has 1 atom stereocenters. The summed E-state index contributed by atoms with van der Waals surface area (Å²) in [5.74, 6) is 2.13. The van der Waals surface area contributed by atoms with E-state index in [2.05, 4.69) is 10.6 Å². The summed E-state index contributed by atoms with van der Waals surface area (Å²) in [4.78, 5) is 6.22. The standard InChI is InChI=1S/C22H35F3N4O2.HI/c23-22(24,25)17-29-12-8-18(9-13-29)6-10-26-21(27-11-7-19-5-3-15-30-19)28-16-20-4-1-2-14-31-20;/h3,5,15,18,20H,1-2,4,6-14,16-17H2,(H2,26,27,28);1H. The predicted molar refractivity (Wildman–Crippen MR) is 130 cm³/mol. The number of likely N-dealkylation sites (tertiary alicyclic amines) is 1. The summed E-state index contributed by atoms with van der Waals surface area (Å²) in [7, 11) is 0. The second kappa shape index (κ2) is 14.3. The van der Waals surface area contributed by atoms with E-state index in [1.54, 1.807) is 6.26 Å². The molecule has 2 fully saturated rings. The minimum absolute atomic E-state index is 0. The van der Waals surface area contributed by atoms with Crippen LogP contribution in [-0.2, 0) is 11.2 Å². The number of hydrogen-bond donors (Lipinski definition) is 2. The quantitative estimate of drug-likeness (QED) is 0.264. The van der Waals surface area contributed by atoms with Crippen molar-refractivity contribution in [1.29, 1.82) is 0 Å². The molecular formula is C22H36F3IN4O2. The topological polar surface area (TPSA) is 62.0 Å². The third-order valence-electron chi connectivity index (χ3n) is 5.93. The molecule has 10 heteroatoms. The lowest BCUT2D eigenvalue weighted by Gasteiger charge is -2.32. The average molecular weight is 572 g/mol. The van der Waals surface area contributed by atoms with Crippen LogP contribution in [0.5, 0.6) is 0 Å². The smallest absolute Gasteiger partial charge is 0.401 e. The Morgan fingerprint density at radius 1 is 1.12 bits per heavy atom. The highest BCUT2D eigenvalue weighted by Gasteiger charge is 2.32. The molecule has 6 nitrogen and oxygen atoms in total. The Morgan fingerprint density at radius 2 is 1.91 bits per heavy atom. The van der Waals surface area contributed by atoms with Crippen LogP contribution in [0.3, 0.4) is 0 Å². The van der Waals surface area contributed by atoms with Crippen LogP contribution in [0.4, 0.5) is 13.2 Å². The van der Waals surface area contributed by atoms with Crippen molar-refractivity contribution >= 4 is 29.9 Å². The van der Waals surface area contributed by atoms with E-state index in [9.17, 15) is 13.2 Å². The molecule has 184 valence electrons. The van der Waals surface area contributed by atoms with Gasteiger partial charge in [0.2, 0.25) is 0 Å². The van der Waals surface area contributed by atoms with Gasteiger partial charge in [-0.15, -0.1) is 24.0 Å². The number of piperidine rings is 1. The van der Waals surface area contributed by atoms with Crippen LogP contribution in [0, 0.1) is 5.92 Å². The summed E-state index contributed by atoms with van der Waals surface area (Å²) < 4.78 is 48.8. The van der Waals surface area contributed by atoms with Crippen molar-refractivity contribution in [3.8, 4) is 0 Å². The van der Waals surface area contributed by atoms with E-state index >= 15 is 0 Å². The number of rotatable bonds is 9. The van der Waals surface area contributed by atoms with E-state index in [1.165, 1.54) is 11.3 Å². The number of furan rings is 1. The van der Waals surface area contributed by atoms with Crippen molar-refractivity contribution in [2.45, 2.75) is 57.2 Å². The molecule has 2 saturated heterocycles. The van der Waals surface area contributed by atoms with Crippen LogP contribution in [0.25, 0.3) is 0 Å². The third kappa shape index (κ3) is 10.7. The van der Waals surface area contributed by atoms with Crippen LogP contribution >= 0.6 is 24.0 Å². The Bertz CT molecular complexity index is 644. The monoisotopic (exact) mass is 572 g/mol. The summed E-state index contributed by atoms with van der Waals surface area (Å²) in [6.45, 7) is 3.14. The highest BCUT2D eigenvalue weighted by atomic mass is 127. The lowest BCUT2D eigenvalue weighted by atomic mass is 9.93. The number of nitrogens with zero attached hydrogens (tertiary/aromatic N) is 2.